The normalized spacial score (nSPS) is 9.25. The number of hydrogen-bond donors (Lipinski definition) is 0. The van der Waals surface area contributed by atoms with Gasteiger partial charge >= 0.3 is 6.01 Å². The molecule has 0 spiro atoms. The predicted molar refractivity (Wildman–Crippen MR) is 34.2 cm³/mol. The molecule has 3 nitrogen and oxygen atoms in total. The van der Waals surface area contributed by atoms with E-state index in [9.17, 15) is 0 Å². The van der Waals surface area contributed by atoms with Gasteiger partial charge in [-0.15, -0.1) is 4.37 Å². The van der Waals surface area contributed by atoms with E-state index < -0.39 is 0 Å². The summed E-state index contributed by atoms with van der Waals surface area (Å²) in [6.07, 6.45) is 0. The molecule has 0 N–H and O–H groups in total. The van der Waals surface area contributed by atoms with Crippen LogP contribution in [0, 0.1) is 0 Å². The molecule has 0 bridgehead atoms. The second-order valence-electron chi connectivity index (χ2n) is 1.03. The van der Waals surface area contributed by atoms with Crippen LogP contribution < -0.4 is 4.74 Å². The van der Waals surface area contributed by atoms with E-state index >= 15 is 0 Å². The van der Waals surface area contributed by atoms with Crippen molar-refractivity contribution in [2.24, 2.45) is 0 Å². The minimum atomic E-state index is 0.418. The average molecular weight is 195 g/mol. The number of aromatic nitrogens is 2. The van der Waals surface area contributed by atoms with Crippen LogP contribution in [0.5, 0.6) is 6.01 Å². The maximum absolute atomic E-state index is 4.69. The van der Waals surface area contributed by atoms with Gasteiger partial charge in [0.1, 0.15) is 0 Å². The molecule has 0 aliphatic heterocycles. The van der Waals surface area contributed by atoms with Gasteiger partial charge in [-0.2, -0.15) is 4.98 Å². The Morgan fingerprint density at radius 3 is 2.75 bits per heavy atom. The van der Waals surface area contributed by atoms with Crippen LogP contribution in [-0.4, -0.2) is 16.5 Å². The molecule has 0 saturated carbocycles. The molecule has 0 radical (unpaired) electrons. The SMILES string of the molecule is COc1nsc(Br)n1. The molecule has 1 heterocycles. The standard InChI is InChI=1S/C3H3BrN2OS/c1-7-3-5-2(4)8-6-3/h1H3. The maximum Gasteiger partial charge on any atom is 0.329 e. The summed E-state index contributed by atoms with van der Waals surface area (Å²) in [6.45, 7) is 0. The van der Waals surface area contributed by atoms with Crippen molar-refractivity contribution in [2.75, 3.05) is 7.11 Å². The van der Waals surface area contributed by atoms with Crippen molar-refractivity contribution in [3.8, 4) is 6.01 Å². The Hall–Kier alpha value is -0.160. The molecule has 0 fully saturated rings. The summed E-state index contributed by atoms with van der Waals surface area (Å²) < 4.78 is 9.23. The Labute approximate surface area is 59.0 Å². The average Bonchev–Trinajstić information content (AvgIpc) is 2.14. The molecular formula is C3H3BrN2OS. The summed E-state index contributed by atoms with van der Waals surface area (Å²) in [5, 5.41) is 0. The number of hydrogen-bond acceptors (Lipinski definition) is 4. The lowest BCUT2D eigenvalue weighted by molar-refractivity contribution is 0.385. The van der Waals surface area contributed by atoms with Gasteiger partial charge in [-0.1, -0.05) is 0 Å². The van der Waals surface area contributed by atoms with E-state index in [1.165, 1.54) is 18.6 Å². The van der Waals surface area contributed by atoms with Gasteiger partial charge in [0.2, 0.25) is 0 Å². The molecule has 5 heteroatoms. The predicted octanol–water partition coefficient (Wildman–Crippen LogP) is 1.31. The van der Waals surface area contributed by atoms with E-state index in [0.717, 1.165) is 3.92 Å². The van der Waals surface area contributed by atoms with Gasteiger partial charge in [-0.25, -0.2) is 0 Å². The van der Waals surface area contributed by atoms with Crippen LogP contribution >= 0.6 is 27.5 Å². The van der Waals surface area contributed by atoms with Gasteiger partial charge in [-0.3, -0.25) is 0 Å². The molecule has 0 atom stereocenters. The molecule has 0 saturated heterocycles. The molecule has 1 aromatic heterocycles. The molecule has 1 aromatic rings. The monoisotopic (exact) mass is 194 g/mol. The zero-order valence-corrected chi connectivity index (χ0v) is 6.49. The van der Waals surface area contributed by atoms with Gasteiger partial charge in [-0.05, 0) is 27.5 Å². The number of halogens is 1. The zero-order valence-electron chi connectivity index (χ0n) is 4.09. The number of rotatable bonds is 1. The summed E-state index contributed by atoms with van der Waals surface area (Å²) in [5.74, 6) is 0. The molecule has 0 amide bonds. The van der Waals surface area contributed by atoms with E-state index in [2.05, 4.69) is 25.3 Å². The second kappa shape index (κ2) is 2.41. The Balaban J connectivity index is 2.84. The Morgan fingerprint density at radius 2 is 2.50 bits per heavy atom. The van der Waals surface area contributed by atoms with Crippen molar-refractivity contribution in [3.05, 3.63) is 3.92 Å². The van der Waals surface area contributed by atoms with Gasteiger partial charge in [0.15, 0.2) is 3.92 Å². The van der Waals surface area contributed by atoms with Crippen LogP contribution in [0.2, 0.25) is 0 Å². The van der Waals surface area contributed by atoms with Crippen molar-refractivity contribution in [1.82, 2.24) is 9.36 Å². The van der Waals surface area contributed by atoms with Crippen LogP contribution in [0.4, 0.5) is 0 Å². The number of ether oxygens (including phenoxy) is 1. The quantitative estimate of drug-likeness (QED) is 0.677. The largest absolute Gasteiger partial charge is 0.466 e. The van der Waals surface area contributed by atoms with Crippen molar-refractivity contribution in [3.63, 3.8) is 0 Å². The van der Waals surface area contributed by atoms with E-state index in [1.54, 1.807) is 0 Å². The highest BCUT2D eigenvalue weighted by Crippen LogP contribution is 2.15. The lowest BCUT2D eigenvalue weighted by Crippen LogP contribution is -1.82. The van der Waals surface area contributed by atoms with Crippen molar-refractivity contribution in [2.45, 2.75) is 0 Å². The summed E-state index contributed by atoms with van der Waals surface area (Å²) in [4.78, 5) is 3.83. The van der Waals surface area contributed by atoms with Crippen LogP contribution in [-0.2, 0) is 0 Å². The van der Waals surface area contributed by atoms with Crippen LogP contribution in [0.1, 0.15) is 0 Å². The van der Waals surface area contributed by atoms with Crippen molar-refractivity contribution in [1.29, 1.82) is 0 Å². The molecule has 0 aliphatic rings. The fraction of sp³-hybridized carbons (Fsp3) is 0.333. The third-order valence-corrected chi connectivity index (χ3v) is 1.67. The summed E-state index contributed by atoms with van der Waals surface area (Å²) in [5.41, 5.74) is 0. The van der Waals surface area contributed by atoms with Crippen LogP contribution in [0.3, 0.4) is 0 Å². The van der Waals surface area contributed by atoms with Crippen LogP contribution in [0.15, 0.2) is 3.92 Å². The Bertz CT molecular complexity index is 178. The highest BCUT2D eigenvalue weighted by molar-refractivity contribution is 9.11. The Morgan fingerprint density at radius 1 is 1.75 bits per heavy atom. The van der Waals surface area contributed by atoms with Crippen molar-refractivity contribution < 1.29 is 4.74 Å². The summed E-state index contributed by atoms with van der Waals surface area (Å²) in [6, 6.07) is 0.418. The van der Waals surface area contributed by atoms with Gasteiger partial charge in [0, 0.05) is 0 Å². The zero-order chi connectivity index (χ0) is 5.98. The lowest BCUT2D eigenvalue weighted by atomic mass is 11.2. The van der Waals surface area contributed by atoms with E-state index in [0.29, 0.717) is 6.01 Å². The molecule has 44 valence electrons. The number of nitrogens with zero attached hydrogens (tertiary/aromatic N) is 2. The first-order valence-corrected chi connectivity index (χ1v) is 3.43. The first-order chi connectivity index (χ1) is 3.83. The first kappa shape index (κ1) is 5.97. The summed E-state index contributed by atoms with van der Waals surface area (Å²) >= 11 is 4.40. The van der Waals surface area contributed by atoms with Gasteiger partial charge < -0.3 is 4.74 Å². The molecule has 0 unspecified atom stereocenters. The maximum atomic E-state index is 4.69. The molecule has 0 aliphatic carbocycles. The summed E-state index contributed by atoms with van der Waals surface area (Å²) in [7, 11) is 1.54. The number of methoxy groups -OCH3 is 1. The smallest absolute Gasteiger partial charge is 0.329 e. The third kappa shape index (κ3) is 1.16. The van der Waals surface area contributed by atoms with E-state index in [1.807, 2.05) is 0 Å². The molecule has 8 heavy (non-hydrogen) atoms. The fourth-order valence-corrected chi connectivity index (χ4v) is 1.03. The molecule has 0 aromatic carbocycles. The van der Waals surface area contributed by atoms with Crippen molar-refractivity contribution >= 4 is 27.5 Å². The van der Waals surface area contributed by atoms with E-state index in [4.69, 9.17) is 4.74 Å². The second-order valence-corrected chi connectivity index (χ2v) is 3.06. The topological polar surface area (TPSA) is 35.0 Å². The fourth-order valence-electron chi connectivity index (χ4n) is 0.276. The highest BCUT2D eigenvalue weighted by atomic mass is 79.9. The first-order valence-electron chi connectivity index (χ1n) is 1.86. The minimum Gasteiger partial charge on any atom is -0.466 e. The highest BCUT2D eigenvalue weighted by Gasteiger charge is 1.96. The third-order valence-electron chi connectivity index (χ3n) is 0.565. The minimum absolute atomic E-state index is 0.418. The van der Waals surface area contributed by atoms with E-state index in [-0.39, 0.29) is 0 Å². The van der Waals surface area contributed by atoms with Crippen LogP contribution in [0.25, 0.3) is 0 Å². The molecular weight excluding hydrogens is 192 g/mol. The lowest BCUT2D eigenvalue weighted by Gasteiger charge is -1.83. The molecule has 1 rings (SSSR count). The van der Waals surface area contributed by atoms with Gasteiger partial charge in [0.25, 0.3) is 0 Å². The van der Waals surface area contributed by atoms with Gasteiger partial charge in [0.05, 0.1) is 7.11 Å². The Kier molecular flexibility index (Phi) is 1.80.